The maximum atomic E-state index is 13.2. The molecule has 1 N–H and O–H groups in total. The number of aromatic nitrogens is 2. The summed E-state index contributed by atoms with van der Waals surface area (Å²) in [6, 6.07) is 4.54. The van der Waals surface area contributed by atoms with Crippen molar-refractivity contribution >= 4 is 0 Å². The van der Waals surface area contributed by atoms with Crippen LogP contribution in [-0.2, 0) is 6.54 Å². The maximum absolute atomic E-state index is 13.2. The van der Waals surface area contributed by atoms with Gasteiger partial charge in [-0.25, -0.2) is 4.39 Å². The van der Waals surface area contributed by atoms with E-state index in [1.807, 2.05) is 6.92 Å². The number of nitrogens with zero attached hydrogens (tertiary/aromatic N) is 2. The zero-order valence-electron chi connectivity index (χ0n) is 11.6. The van der Waals surface area contributed by atoms with E-state index in [4.69, 9.17) is 4.52 Å². The summed E-state index contributed by atoms with van der Waals surface area (Å²) in [5.41, 5.74) is 1.55. The molecule has 102 valence electrons. The molecule has 1 aromatic heterocycles. The Bertz CT molecular complexity index is 572. The molecule has 0 aliphatic rings. The fraction of sp³-hybridized carbons (Fsp3) is 0.429. The first kappa shape index (κ1) is 13.7. The fourth-order valence-corrected chi connectivity index (χ4v) is 1.61. The molecule has 0 unspecified atom stereocenters. The summed E-state index contributed by atoms with van der Waals surface area (Å²) in [5.74, 6) is 0.607. The second-order valence-corrected chi connectivity index (χ2v) is 5.57. The summed E-state index contributed by atoms with van der Waals surface area (Å²) in [7, 11) is 0. The number of aryl methyl sites for hydroxylation is 1. The van der Waals surface area contributed by atoms with Gasteiger partial charge in [-0.2, -0.15) is 4.98 Å². The third-order valence-electron chi connectivity index (χ3n) is 2.68. The van der Waals surface area contributed by atoms with E-state index in [1.54, 1.807) is 6.07 Å². The minimum Gasteiger partial charge on any atom is -0.338 e. The van der Waals surface area contributed by atoms with E-state index in [9.17, 15) is 4.39 Å². The van der Waals surface area contributed by atoms with Crippen molar-refractivity contribution in [2.45, 2.75) is 39.8 Å². The SMILES string of the molecule is Cc1ccc(F)cc1-c1noc(CNC(C)(C)C)n1. The molecule has 0 aliphatic carbocycles. The molecule has 19 heavy (non-hydrogen) atoms. The van der Waals surface area contributed by atoms with Crippen molar-refractivity contribution in [2.24, 2.45) is 0 Å². The topological polar surface area (TPSA) is 51.0 Å². The Balaban J connectivity index is 2.19. The van der Waals surface area contributed by atoms with Crippen LogP contribution < -0.4 is 5.32 Å². The number of hydrogen-bond acceptors (Lipinski definition) is 4. The molecule has 0 fully saturated rings. The molecule has 5 heteroatoms. The van der Waals surface area contributed by atoms with Gasteiger partial charge >= 0.3 is 0 Å². The van der Waals surface area contributed by atoms with Crippen LogP contribution >= 0.6 is 0 Å². The minimum absolute atomic E-state index is 0.0244. The van der Waals surface area contributed by atoms with Crippen LogP contribution in [0.3, 0.4) is 0 Å². The lowest BCUT2D eigenvalue weighted by molar-refractivity contribution is 0.336. The van der Waals surface area contributed by atoms with Gasteiger partial charge in [-0.05, 0) is 45.4 Å². The molecule has 0 bridgehead atoms. The summed E-state index contributed by atoms with van der Waals surface area (Å²) in [4.78, 5) is 4.28. The molecule has 0 aliphatic heterocycles. The number of hydrogen-bond donors (Lipinski definition) is 1. The highest BCUT2D eigenvalue weighted by Gasteiger charge is 2.14. The van der Waals surface area contributed by atoms with Gasteiger partial charge in [0.1, 0.15) is 5.82 Å². The second-order valence-electron chi connectivity index (χ2n) is 5.57. The maximum Gasteiger partial charge on any atom is 0.240 e. The van der Waals surface area contributed by atoms with Crippen LogP contribution in [0.15, 0.2) is 22.7 Å². The van der Waals surface area contributed by atoms with E-state index < -0.39 is 0 Å². The average molecular weight is 263 g/mol. The average Bonchev–Trinajstić information content (AvgIpc) is 2.77. The first-order valence-corrected chi connectivity index (χ1v) is 6.19. The molecule has 2 aromatic rings. The van der Waals surface area contributed by atoms with Gasteiger partial charge < -0.3 is 9.84 Å². The fourth-order valence-electron chi connectivity index (χ4n) is 1.61. The monoisotopic (exact) mass is 263 g/mol. The van der Waals surface area contributed by atoms with Gasteiger partial charge in [-0.15, -0.1) is 0 Å². The predicted octanol–water partition coefficient (Wildman–Crippen LogP) is 3.07. The van der Waals surface area contributed by atoms with Gasteiger partial charge in [-0.3, -0.25) is 0 Å². The van der Waals surface area contributed by atoms with E-state index in [1.165, 1.54) is 12.1 Å². The quantitative estimate of drug-likeness (QED) is 0.924. The number of halogens is 1. The zero-order valence-corrected chi connectivity index (χ0v) is 11.6. The predicted molar refractivity (Wildman–Crippen MR) is 71.0 cm³/mol. The lowest BCUT2D eigenvalue weighted by Gasteiger charge is -2.18. The highest BCUT2D eigenvalue weighted by Crippen LogP contribution is 2.21. The van der Waals surface area contributed by atoms with Crippen LogP contribution in [0.5, 0.6) is 0 Å². The molecule has 0 saturated carbocycles. The van der Waals surface area contributed by atoms with Crippen LogP contribution in [0.1, 0.15) is 32.2 Å². The van der Waals surface area contributed by atoms with E-state index in [0.29, 0.717) is 23.8 Å². The summed E-state index contributed by atoms with van der Waals surface area (Å²) < 4.78 is 18.4. The number of rotatable bonds is 3. The smallest absolute Gasteiger partial charge is 0.240 e. The first-order valence-electron chi connectivity index (χ1n) is 6.19. The first-order chi connectivity index (χ1) is 8.85. The molecule has 4 nitrogen and oxygen atoms in total. The van der Waals surface area contributed by atoms with Crippen LogP contribution in [0.2, 0.25) is 0 Å². The summed E-state index contributed by atoms with van der Waals surface area (Å²) in [6.07, 6.45) is 0. The van der Waals surface area contributed by atoms with Crippen LogP contribution in [0, 0.1) is 12.7 Å². The molecule has 2 rings (SSSR count). The normalized spacial score (nSPS) is 11.8. The largest absolute Gasteiger partial charge is 0.338 e. The number of nitrogens with one attached hydrogen (secondary N) is 1. The van der Waals surface area contributed by atoms with Crippen molar-refractivity contribution < 1.29 is 8.91 Å². The summed E-state index contributed by atoms with van der Waals surface area (Å²) in [6.45, 7) is 8.55. The lowest BCUT2D eigenvalue weighted by atomic mass is 10.1. The Hall–Kier alpha value is -1.75. The molecule has 1 aromatic carbocycles. The van der Waals surface area contributed by atoms with E-state index in [-0.39, 0.29) is 11.4 Å². The number of benzene rings is 1. The molecule has 0 saturated heterocycles. The Kier molecular flexibility index (Phi) is 3.66. The van der Waals surface area contributed by atoms with Crippen molar-refractivity contribution in [3.05, 3.63) is 35.5 Å². The Labute approximate surface area is 112 Å². The van der Waals surface area contributed by atoms with E-state index >= 15 is 0 Å². The van der Waals surface area contributed by atoms with Gasteiger partial charge in [0.15, 0.2) is 0 Å². The van der Waals surface area contributed by atoms with Crippen molar-refractivity contribution in [3.63, 3.8) is 0 Å². The van der Waals surface area contributed by atoms with Crippen molar-refractivity contribution in [3.8, 4) is 11.4 Å². The Morgan fingerprint density at radius 2 is 2.05 bits per heavy atom. The van der Waals surface area contributed by atoms with Crippen molar-refractivity contribution in [2.75, 3.05) is 0 Å². The lowest BCUT2D eigenvalue weighted by Crippen LogP contribution is -2.35. The third kappa shape index (κ3) is 3.61. The molecule has 0 spiro atoms. The Morgan fingerprint density at radius 3 is 2.74 bits per heavy atom. The van der Waals surface area contributed by atoms with Crippen LogP contribution in [-0.4, -0.2) is 15.7 Å². The van der Waals surface area contributed by atoms with Gasteiger partial charge in [-0.1, -0.05) is 11.2 Å². The standard InChI is InChI=1S/C14H18FN3O/c1-9-5-6-10(15)7-11(9)13-17-12(19-18-13)8-16-14(2,3)4/h5-7,16H,8H2,1-4H3. The molecule has 0 amide bonds. The Morgan fingerprint density at radius 1 is 1.32 bits per heavy atom. The van der Waals surface area contributed by atoms with Gasteiger partial charge in [0.2, 0.25) is 11.7 Å². The van der Waals surface area contributed by atoms with Crippen molar-refractivity contribution in [1.29, 1.82) is 0 Å². The van der Waals surface area contributed by atoms with E-state index in [2.05, 4.69) is 36.2 Å². The summed E-state index contributed by atoms with van der Waals surface area (Å²) >= 11 is 0. The highest BCUT2D eigenvalue weighted by atomic mass is 19.1. The van der Waals surface area contributed by atoms with E-state index in [0.717, 1.165) is 5.56 Å². The zero-order chi connectivity index (χ0) is 14.0. The van der Waals surface area contributed by atoms with Gasteiger partial charge in [0.25, 0.3) is 0 Å². The molecule has 0 atom stereocenters. The van der Waals surface area contributed by atoms with Gasteiger partial charge in [0.05, 0.1) is 6.54 Å². The molecule has 0 radical (unpaired) electrons. The van der Waals surface area contributed by atoms with Crippen LogP contribution in [0.25, 0.3) is 11.4 Å². The molecule has 1 heterocycles. The van der Waals surface area contributed by atoms with Gasteiger partial charge in [0, 0.05) is 11.1 Å². The summed E-state index contributed by atoms with van der Waals surface area (Å²) in [5, 5.41) is 7.15. The van der Waals surface area contributed by atoms with Crippen molar-refractivity contribution in [1.82, 2.24) is 15.5 Å². The molecular formula is C14H18FN3O. The third-order valence-corrected chi connectivity index (χ3v) is 2.68. The van der Waals surface area contributed by atoms with Crippen LogP contribution in [0.4, 0.5) is 4.39 Å². The molecular weight excluding hydrogens is 245 g/mol. The minimum atomic E-state index is -0.306. The second kappa shape index (κ2) is 5.09. The highest BCUT2D eigenvalue weighted by molar-refractivity contribution is 5.59.